The molecule has 420 valence electrons. The maximum Gasteiger partial charge on any atom is 0.277 e. The molecule has 2 saturated heterocycles. The molecule has 0 atom stereocenters. The Morgan fingerprint density at radius 3 is 1.52 bits per heavy atom. The molecular formula is C58H60N16O6S2. The third-order valence-electron chi connectivity index (χ3n) is 14.1. The van der Waals surface area contributed by atoms with E-state index in [0.29, 0.717) is 117 Å². The van der Waals surface area contributed by atoms with Gasteiger partial charge in [-0.3, -0.25) is 38.8 Å². The number of fused-ring (bicyclic) bond motifs is 2. The number of H-pyrrole nitrogens is 2. The molecule has 22 nitrogen and oxygen atoms in total. The Bertz CT molecular complexity index is 3900. The number of imidazole rings is 2. The summed E-state index contributed by atoms with van der Waals surface area (Å²) in [5, 5.41) is 9.95. The third-order valence-corrected chi connectivity index (χ3v) is 14.9. The Morgan fingerprint density at radius 2 is 1.06 bits per heavy atom. The lowest BCUT2D eigenvalue weighted by molar-refractivity contribution is -0.121. The van der Waals surface area contributed by atoms with E-state index >= 15 is 0 Å². The standard InChI is InChI=1S/2C29H30N8O3S/c1-8-10-22-32-17(4)24-26(38)33-25(34-37(22)24)19-14-23(31-15-21(19)40-9-2)36-28(41)35(27(39)29(36,5)6)18-11-12-20(30-7)16(3)13-18;1-8-10-22-31-17(4)24-26(38)33-25(34-37(22)24)23-20(40-9-2)13-14-21(32-23)36-28(41)35(27(39)29(36,5)6)18-11-12-19(30-7)16(3)15-18/h2*11-15H,8-10H2,1-6H3,(H,33,34,38). The summed E-state index contributed by atoms with van der Waals surface area (Å²) >= 11 is 11.7. The fourth-order valence-corrected chi connectivity index (χ4v) is 11.1. The smallest absolute Gasteiger partial charge is 0.277 e. The molecule has 0 bridgehead atoms. The van der Waals surface area contributed by atoms with E-state index in [2.05, 4.69) is 34.6 Å². The molecular weight excluding hydrogens is 1080 g/mol. The van der Waals surface area contributed by atoms with Crippen LogP contribution in [0.5, 0.6) is 11.5 Å². The molecule has 0 unspecified atom stereocenters. The largest absolute Gasteiger partial charge is 0.491 e. The van der Waals surface area contributed by atoms with E-state index in [1.165, 1.54) is 9.80 Å². The van der Waals surface area contributed by atoms with Gasteiger partial charge in [-0.1, -0.05) is 26.0 Å². The van der Waals surface area contributed by atoms with Crippen LogP contribution in [0.1, 0.15) is 102 Å². The lowest BCUT2D eigenvalue weighted by atomic mass is 10.0. The van der Waals surface area contributed by atoms with Crippen molar-refractivity contribution in [3.8, 4) is 34.4 Å². The number of aromatic nitrogens is 10. The van der Waals surface area contributed by atoms with Crippen LogP contribution in [0.2, 0.25) is 0 Å². The molecule has 2 aliphatic heterocycles. The van der Waals surface area contributed by atoms with Gasteiger partial charge in [0.05, 0.1) is 49.5 Å². The van der Waals surface area contributed by atoms with Gasteiger partial charge in [0.1, 0.15) is 45.9 Å². The molecule has 82 heavy (non-hydrogen) atoms. The second-order valence-electron chi connectivity index (χ2n) is 20.6. The summed E-state index contributed by atoms with van der Waals surface area (Å²) in [4.78, 5) is 91.4. The van der Waals surface area contributed by atoms with Crippen molar-refractivity contribution in [3.63, 3.8) is 0 Å². The number of benzene rings is 2. The van der Waals surface area contributed by atoms with E-state index in [1.54, 1.807) is 121 Å². The fraction of sp³-hybridized carbons (Fsp3) is 0.345. The zero-order valence-electron chi connectivity index (χ0n) is 47.5. The van der Waals surface area contributed by atoms with Crippen molar-refractivity contribution in [1.82, 2.24) is 49.1 Å². The predicted molar refractivity (Wildman–Crippen MR) is 322 cm³/mol. The second kappa shape index (κ2) is 22.3. The molecule has 8 heterocycles. The number of nitrogens with zero attached hydrogens (tertiary/aromatic N) is 14. The van der Waals surface area contributed by atoms with Gasteiger partial charge in [-0.05, 0) is 160 Å². The molecule has 8 aromatic rings. The molecule has 24 heteroatoms. The molecule has 2 amide bonds. The fourth-order valence-electron chi connectivity index (χ4n) is 10.1. The number of carbonyl (C=O) groups excluding carboxylic acids is 2. The Balaban J connectivity index is 0.000000198. The minimum atomic E-state index is -1.08. The first-order valence-corrected chi connectivity index (χ1v) is 27.5. The van der Waals surface area contributed by atoms with Crippen LogP contribution in [0.15, 0.2) is 70.4 Å². The molecule has 6 aromatic heterocycles. The topological polar surface area (TPSA) is 226 Å². The van der Waals surface area contributed by atoms with Gasteiger partial charge in [0.25, 0.3) is 22.9 Å². The highest BCUT2D eigenvalue weighted by atomic mass is 32.1. The predicted octanol–water partition coefficient (Wildman–Crippen LogP) is 9.83. The maximum atomic E-state index is 13.7. The van der Waals surface area contributed by atoms with E-state index in [1.807, 2.05) is 41.5 Å². The number of nitrogens with one attached hydrogen (secondary N) is 2. The highest BCUT2D eigenvalue weighted by Gasteiger charge is 2.52. The Hall–Kier alpha value is -9.26. The summed E-state index contributed by atoms with van der Waals surface area (Å²) in [5.41, 5.74) is 3.61. The van der Waals surface area contributed by atoms with Crippen LogP contribution < -0.4 is 40.2 Å². The monoisotopic (exact) mass is 1140 g/mol. The number of pyridine rings is 2. The number of aromatic amines is 2. The molecule has 0 radical (unpaired) electrons. The van der Waals surface area contributed by atoms with Gasteiger partial charge in [-0.15, -0.1) is 10.2 Å². The van der Waals surface area contributed by atoms with E-state index in [0.717, 1.165) is 24.0 Å². The van der Waals surface area contributed by atoms with Crippen molar-refractivity contribution < 1.29 is 19.1 Å². The summed E-state index contributed by atoms with van der Waals surface area (Å²) in [6.07, 6.45) is 4.55. The average Bonchev–Trinajstić information content (AvgIpc) is 2.71. The van der Waals surface area contributed by atoms with Gasteiger partial charge < -0.3 is 19.4 Å². The first-order chi connectivity index (χ1) is 39.1. The van der Waals surface area contributed by atoms with Crippen molar-refractivity contribution >= 4 is 91.9 Å². The minimum absolute atomic E-state index is 0.207. The third kappa shape index (κ3) is 9.87. The van der Waals surface area contributed by atoms with Crippen LogP contribution in [-0.4, -0.2) is 95.5 Å². The summed E-state index contributed by atoms with van der Waals surface area (Å²) in [5.74, 6) is 3.02. The SMILES string of the molecule is [C-]#[N+]c1ccc(N2C(=O)C(C)(C)N(c3cc(-c4nn5c(CCC)nc(C)c5c(=O)[nH]4)c(OCC)cn3)C2=S)cc1C.[C-]#[N+]c1ccc(N2C(=O)C(C)(C)N(c3ccc(OCC)c(-c4nn5c(CCC)nc(C)c5c(=O)[nH]4)n3)C2=S)cc1C. The van der Waals surface area contributed by atoms with Gasteiger partial charge in [0.15, 0.2) is 50.0 Å². The van der Waals surface area contributed by atoms with Crippen LogP contribution in [0, 0.1) is 40.8 Å². The van der Waals surface area contributed by atoms with E-state index in [-0.39, 0.29) is 44.8 Å². The van der Waals surface area contributed by atoms with E-state index in [9.17, 15) is 19.2 Å². The van der Waals surface area contributed by atoms with Crippen molar-refractivity contribution in [2.24, 2.45) is 0 Å². The molecule has 2 aliphatic rings. The van der Waals surface area contributed by atoms with Crippen LogP contribution in [0.4, 0.5) is 34.4 Å². The Kier molecular flexibility index (Phi) is 15.7. The number of hydrogen-bond acceptors (Lipinski definition) is 14. The van der Waals surface area contributed by atoms with Gasteiger partial charge in [0, 0.05) is 24.2 Å². The Labute approximate surface area is 483 Å². The van der Waals surface area contributed by atoms with Crippen molar-refractivity contribution in [2.45, 2.75) is 120 Å². The second-order valence-corrected chi connectivity index (χ2v) is 21.3. The lowest BCUT2D eigenvalue weighted by Crippen LogP contribution is -2.44. The maximum absolute atomic E-state index is 13.7. The number of rotatable bonds is 14. The highest BCUT2D eigenvalue weighted by Crippen LogP contribution is 2.41. The van der Waals surface area contributed by atoms with Crippen molar-refractivity contribution in [1.29, 1.82) is 0 Å². The number of thiocarbonyl (C=S) groups is 2. The summed E-state index contributed by atoms with van der Waals surface area (Å²) in [6.45, 7) is 37.5. The summed E-state index contributed by atoms with van der Waals surface area (Å²) in [6, 6.07) is 15.5. The molecule has 2 N–H and O–H groups in total. The number of anilines is 4. The number of ether oxygens (including phenoxy) is 2. The van der Waals surface area contributed by atoms with Crippen LogP contribution >= 0.6 is 24.4 Å². The van der Waals surface area contributed by atoms with Crippen molar-refractivity contribution in [2.75, 3.05) is 32.8 Å². The summed E-state index contributed by atoms with van der Waals surface area (Å²) in [7, 11) is 0. The number of hydrogen-bond donors (Lipinski definition) is 2. The first kappa shape index (κ1) is 57.4. The quantitative estimate of drug-likeness (QED) is 0.0763. The summed E-state index contributed by atoms with van der Waals surface area (Å²) < 4.78 is 14.9. The molecule has 0 aliphatic carbocycles. The lowest BCUT2D eigenvalue weighted by Gasteiger charge is -2.28. The molecule has 2 aromatic carbocycles. The highest BCUT2D eigenvalue weighted by molar-refractivity contribution is 7.81. The van der Waals surface area contributed by atoms with Gasteiger partial charge in [0.2, 0.25) is 0 Å². The Morgan fingerprint density at radius 1 is 0.598 bits per heavy atom. The van der Waals surface area contributed by atoms with Gasteiger partial charge in [-0.2, -0.15) is 0 Å². The number of amides is 2. The average molecular weight is 1140 g/mol. The normalized spacial score (nSPS) is 14.7. The van der Waals surface area contributed by atoms with Crippen molar-refractivity contribution in [3.05, 3.63) is 138 Å². The number of carbonyl (C=O) groups is 2. The zero-order valence-corrected chi connectivity index (χ0v) is 49.2. The molecule has 0 spiro atoms. The van der Waals surface area contributed by atoms with Crippen LogP contribution in [0.3, 0.4) is 0 Å². The minimum Gasteiger partial charge on any atom is -0.491 e. The molecule has 2 fully saturated rings. The first-order valence-electron chi connectivity index (χ1n) is 26.6. The zero-order chi connectivity index (χ0) is 59.3. The molecule has 0 saturated carbocycles. The molecule has 10 rings (SSSR count). The van der Waals surface area contributed by atoms with Gasteiger partial charge in [-0.25, -0.2) is 38.7 Å². The van der Waals surface area contributed by atoms with E-state index in [4.69, 9.17) is 62.2 Å². The van der Waals surface area contributed by atoms with Gasteiger partial charge >= 0.3 is 0 Å². The van der Waals surface area contributed by atoms with E-state index < -0.39 is 11.1 Å². The van der Waals surface area contributed by atoms with Crippen LogP contribution in [-0.2, 0) is 22.4 Å². The van der Waals surface area contributed by atoms with Crippen LogP contribution in [0.25, 0.3) is 43.6 Å². The number of aryl methyl sites for hydroxylation is 6.